The van der Waals surface area contributed by atoms with E-state index < -0.39 is 9.84 Å². The second-order valence-corrected chi connectivity index (χ2v) is 7.55. The Kier molecular flexibility index (Phi) is 4.88. The Morgan fingerprint density at radius 3 is 2.71 bits per heavy atom. The van der Waals surface area contributed by atoms with Crippen LogP contribution in [0.5, 0.6) is 0 Å². The summed E-state index contributed by atoms with van der Waals surface area (Å²) >= 11 is 0. The predicted molar refractivity (Wildman–Crippen MR) is 83.1 cm³/mol. The first kappa shape index (κ1) is 15.8. The van der Waals surface area contributed by atoms with Crippen molar-refractivity contribution in [3.63, 3.8) is 0 Å². The van der Waals surface area contributed by atoms with Gasteiger partial charge in [0.15, 0.2) is 9.84 Å². The molecule has 1 aliphatic rings. The van der Waals surface area contributed by atoms with Crippen molar-refractivity contribution in [1.82, 2.24) is 4.90 Å². The van der Waals surface area contributed by atoms with E-state index in [2.05, 4.69) is 5.32 Å². The Hall–Kier alpha value is -1.56. The van der Waals surface area contributed by atoms with Crippen molar-refractivity contribution in [3.05, 3.63) is 24.3 Å². The average Bonchev–Trinajstić information content (AvgIpc) is 2.43. The molecule has 0 aliphatic carbocycles. The molecule has 1 N–H and O–H groups in total. The number of carbonyl (C=O) groups excluding carboxylic acids is 1. The van der Waals surface area contributed by atoms with Gasteiger partial charge in [-0.15, -0.1) is 0 Å². The van der Waals surface area contributed by atoms with E-state index in [1.807, 2.05) is 13.0 Å². The molecule has 2 rings (SSSR count). The number of sulfone groups is 1. The van der Waals surface area contributed by atoms with E-state index in [4.69, 9.17) is 0 Å². The minimum Gasteiger partial charge on any atom is -0.379 e. The Morgan fingerprint density at radius 1 is 1.33 bits per heavy atom. The zero-order chi connectivity index (χ0) is 15.5. The summed E-state index contributed by atoms with van der Waals surface area (Å²) in [4.78, 5) is 13.5. The van der Waals surface area contributed by atoms with Crippen LogP contribution in [0.15, 0.2) is 29.2 Å². The van der Waals surface area contributed by atoms with Gasteiger partial charge in [0.05, 0.1) is 16.3 Å². The molecule has 1 amide bonds. The number of likely N-dealkylation sites (tertiary alicyclic amines) is 1. The number of nitrogens with zero attached hydrogens (tertiary/aromatic N) is 1. The molecule has 1 atom stereocenters. The number of anilines is 1. The molecular formula is C15H22N2O3S. The molecule has 0 saturated carbocycles. The third kappa shape index (κ3) is 3.75. The lowest BCUT2D eigenvalue weighted by Gasteiger charge is -2.31. The number of hydrogen-bond acceptors (Lipinski definition) is 4. The van der Waals surface area contributed by atoms with Gasteiger partial charge in [-0.1, -0.05) is 19.1 Å². The molecule has 0 bridgehead atoms. The smallest absolute Gasteiger partial charge is 0.222 e. The standard InChI is InChI=1S/C15H22N2O3S/c1-3-10-21(19,20)14-7-5-4-6-13(14)16-12-8-9-15(18)17(2)11-12/h4-7,12,16H,3,8-11H2,1-2H3. The third-order valence-electron chi connectivity index (χ3n) is 3.68. The van der Waals surface area contributed by atoms with E-state index in [1.54, 1.807) is 30.1 Å². The number of rotatable bonds is 5. The maximum atomic E-state index is 12.3. The van der Waals surface area contributed by atoms with Crippen molar-refractivity contribution in [2.75, 3.05) is 24.7 Å². The van der Waals surface area contributed by atoms with Gasteiger partial charge in [-0.05, 0) is 25.0 Å². The molecular weight excluding hydrogens is 288 g/mol. The van der Waals surface area contributed by atoms with Crippen LogP contribution in [-0.2, 0) is 14.6 Å². The molecule has 116 valence electrons. The minimum absolute atomic E-state index is 0.0886. The van der Waals surface area contributed by atoms with E-state index in [1.165, 1.54) is 0 Å². The molecule has 0 aromatic heterocycles. The van der Waals surface area contributed by atoms with Crippen LogP contribution in [0, 0.1) is 0 Å². The summed E-state index contributed by atoms with van der Waals surface area (Å²) in [5.74, 6) is 0.286. The van der Waals surface area contributed by atoms with E-state index in [9.17, 15) is 13.2 Å². The molecule has 1 unspecified atom stereocenters. The highest BCUT2D eigenvalue weighted by atomic mass is 32.2. The first-order valence-electron chi connectivity index (χ1n) is 7.26. The molecule has 0 radical (unpaired) electrons. The first-order chi connectivity index (χ1) is 9.94. The van der Waals surface area contributed by atoms with E-state index in [-0.39, 0.29) is 17.7 Å². The molecule has 1 saturated heterocycles. The number of piperidine rings is 1. The van der Waals surface area contributed by atoms with Gasteiger partial charge in [-0.3, -0.25) is 4.79 Å². The highest BCUT2D eigenvalue weighted by Crippen LogP contribution is 2.25. The van der Waals surface area contributed by atoms with Crippen molar-refractivity contribution in [1.29, 1.82) is 0 Å². The fourth-order valence-corrected chi connectivity index (χ4v) is 4.09. The molecule has 1 heterocycles. The van der Waals surface area contributed by atoms with Crippen LogP contribution in [-0.4, -0.2) is 44.6 Å². The van der Waals surface area contributed by atoms with Crippen LogP contribution < -0.4 is 5.32 Å². The number of hydrogen-bond donors (Lipinski definition) is 1. The van der Waals surface area contributed by atoms with E-state index >= 15 is 0 Å². The van der Waals surface area contributed by atoms with E-state index in [0.29, 0.717) is 30.0 Å². The second-order valence-electron chi connectivity index (χ2n) is 5.47. The van der Waals surface area contributed by atoms with Gasteiger partial charge in [-0.25, -0.2) is 8.42 Å². The summed E-state index contributed by atoms with van der Waals surface area (Å²) in [7, 11) is -1.49. The average molecular weight is 310 g/mol. The van der Waals surface area contributed by atoms with Crippen molar-refractivity contribution < 1.29 is 13.2 Å². The molecule has 21 heavy (non-hydrogen) atoms. The molecule has 1 aromatic carbocycles. The maximum Gasteiger partial charge on any atom is 0.222 e. The normalized spacial score (nSPS) is 19.6. The highest BCUT2D eigenvalue weighted by molar-refractivity contribution is 7.91. The van der Waals surface area contributed by atoms with Crippen molar-refractivity contribution in [2.45, 2.75) is 37.1 Å². The van der Waals surface area contributed by atoms with Gasteiger partial charge < -0.3 is 10.2 Å². The van der Waals surface area contributed by atoms with Gasteiger partial charge in [0.1, 0.15) is 0 Å². The first-order valence-corrected chi connectivity index (χ1v) is 8.91. The topological polar surface area (TPSA) is 66.5 Å². The largest absolute Gasteiger partial charge is 0.379 e. The molecule has 1 aliphatic heterocycles. The Balaban J connectivity index is 2.20. The summed E-state index contributed by atoms with van der Waals surface area (Å²) in [5, 5.41) is 3.29. The number of likely N-dealkylation sites (N-methyl/N-ethyl adjacent to an activating group) is 1. The molecule has 6 heteroatoms. The Labute approximate surface area is 126 Å². The van der Waals surface area contributed by atoms with Crippen molar-refractivity contribution >= 4 is 21.4 Å². The summed E-state index contributed by atoms with van der Waals surface area (Å²) in [6, 6.07) is 7.09. The van der Waals surface area contributed by atoms with Crippen LogP contribution in [0.1, 0.15) is 26.2 Å². The van der Waals surface area contributed by atoms with Crippen LogP contribution in [0.4, 0.5) is 5.69 Å². The van der Waals surface area contributed by atoms with Crippen LogP contribution in [0.25, 0.3) is 0 Å². The summed E-state index contributed by atoms with van der Waals surface area (Å²) in [6.07, 6.45) is 1.82. The lowest BCUT2D eigenvalue weighted by atomic mass is 10.1. The number of para-hydroxylation sites is 1. The van der Waals surface area contributed by atoms with Gasteiger partial charge >= 0.3 is 0 Å². The van der Waals surface area contributed by atoms with Gasteiger partial charge in [0.25, 0.3) is 0 Å². The Morgan fingerprint density at radius 2 is 2.05 bits per heavy atom. The lowest BCUT2D eigenvalue weighted by Crippen LogP contribution is -2.43. The number of benzene rings is 1. The monoisotopic (exact) mass is 310 g/mol. The SMILES string of the molecule is CCCS(=O)(=O)c1ccccc1NC1CCC(=O)N(C)C1. The third-order valence-corrected chi connectivity index (χ3v) is 5.65. The summed E-state index contributed by atoms with van der Waals surface area (Å²) in [5.41, 5.74) is 0.638. The lowest BCUT2D eigenvalue weighted by molar-refractivity contribution is -0.132. The van der Waals surface area contributed by atoms with Crippen LogP contribution >= 0.6 is 0 Å². The number of carbonyl (C=O) groups is 1. The highest BCUT2D eigenvalue weighted by Gasteiger charge is 2.25. The zero-order valence-corrected chi connectivity index (χ0v) is 13.3. The maximum absolute atomic E-state index is 12.3. The van der Waals surface area contributed by atoms with E-state index in [0.717, 1.165) is 6.42 Å². The number of amides is 1. The van der Waals surface area contributed by atoms with Gasteiger partial charge in [0, 0.05) is 26.1 Å². The van der Waals surface area contributed by atoms with Crippen LogP contribution in [0.2, 0.25) is 0 Å². The molecule has 1 fully saturated rings. The fourth-order valence-electron chi connectivity index (χ4n) is 2.59. The quantitative estimate of drug-likeness (QED) is 0.902. The summed E-state index contributed by atoms with van der Waals surface area (Å²) in [6.45, 7) is 2.45. The molecule has 1 aromatic rings. The molecule has 5 nitrogen and oxygen atoms in total. The van der Waals surface area contributed by atoms with Gasteiger partial charge in [-0.2, -0.15) is 0 Å². The van der Waals surface area contributed by atoms with Gasteiger partial charge in [0.2, 0.25) is 5.91 Å². The second kappa shape index (κ2) is 6.47. The fraction of sp³-hybridized carbons (Fsp3) is 0.533. The minimum atomic E-state index is -3.26. The number of nitrogens with one attached hydrogen (secondary N) is 1. The van der Waals surface area contributed by atoms with Crippen molar-refractivity contribution in [3.8, 4) is 0 Å². The van der Waals surface area contributed by atoms with Crippen LogP contribution in [0.3, 0.4) is 0 Å². The zero-order valence-electron chi connectivity index (χ0n) is 12.5. The van der Waals surface area contributed by atoms with Crippen molar-refractivity contribution in [2.24, 2.45) is 0 Å². The molecule has 0 spiro atoms. The summed E-state index contributed by atoms with van der Waals surface area (Å²) < 4.78 is 24.6. The predicted octanol–water partition coefficient (Wildman–Crippen LogP) is 1.90. The Bertz CT molecular complexity index is 613.